The third-order valence-corrected chi connectivity index (χ3v) is 5.24. The van der Waals surface area contributed by atoms with Gasteiger partial charge in [0.05, 0.1) is 24.3 Å². The topological polar surface area (TPSA) is 73.0 Å². The number of aromatic nitrogens is 3. The Morgan fingerprint density at radius 2 is 1.93 bits per heavy atom. The number of nitrogens with zero attached hydrogens (tertiary/aromatic N) is 4. The van der Waals surface area contributed by atoms with Crippen LogP contribution in [0, 0.1) is 17.1 Å². The predicted molar refractivity (Wildman–Crippen MR) is 108 cm³/mol. The fourth-order valence-corrected chi connectivity index (χ4v) is 3.80. The number of hydrogen-bond donors (Lipinski definition) is 0. The van der Waals surface area contributed by atoms with Crippen molar-refractivity contribution in [2.24, 2.45) is 0 Å². The van der Waals surface area contributed by atoms with Crippen molar-refractivity contribution in [3.8, 4) is 11.8 Å². The molecule has 1 aromatic heterocycles. The number of nitriles is 1. The maximum Gasteiger partial charge on any atom is 0.191 e. The van der Waals surface area contributed by atoms with Gasteiger partial charge in [-0.25, -0.2) is 4.39 Å². The van der Waals surface area contributed by atoms with E-state index in [0.29, 0.717) is 23.7 Å². The lowest BCUT2D eigenvalue weighted by Crippen LogP contribution is -2.16. The highest BCUT2D eigenvalue weighted by atomic mass is 32.2. The summed E-state index contributed by atoms with van der Waals surface area (Å²) >= 11 is 1.53. The maximum atomic E-state index is 13.8. The number of halogens is 1. The molecule has 1 atom stereocenters. The van der Waals surface area contributed by atoms with Gasteiger partial charge in [-0.1, -0.05) is 36.0 Å². The van der Waals surface area contributed by atoms with Crippen molar-refractivity contribution in [1.29, 1.82) is 5.26 Å². The van der Waals surface area contributed by atoms with Crippen LogP contribution in [-0.4, -0.2) is 28.5 Å². The standard InChI is InChI=1S/C21H21FN4O2S/c1-15(12-27-2)26-20(13-28-19-6-4-3-5-18(19)22)24-25-21(26)29-14-17-9-7-16(11-23)8-10-17/h3-10,15H,12-14H2,1-2H3/t15-/m1/s1. The zero-order valence-corrected chi connectivity index (χ0v) is 17.0. The Kier molecular flexibility index (Phi) is 7.22. The van der Waals surface area contributed by atoms with E-state index < -0.39 is 5.82 Å². The van der Waals surface area contributed by atoms with Crippen LogP contribution in [0.2, 0.25) is 0 Å². The van der Waals surface area contributed by atoms with Gasteiger partial charge in [-0.3, -0.25) is 4.57 Å². The number of thioether (sulfide) groups is 1. The average Bonchev–Trinajstić information content (AvgIpc) is 3.15. The lowest BCUT2D eigenvalue weighted by atomic mass is 10.2. The minimum atomic E-state index is -0.418. The van der Waals surface area contributed by atoms with E-state index in [1.807, 2.05) is 23.6 Å². The van der Waals surface area contributed by atoms with Gasteiger partial charge in [-0.15, -0.1) is 10.2 Å². The van der Waals surface area contributed by atoms with E-state index in [4.69, 9.17) is 14.7 Å². The predicted octanol–water partition coefficient (Wildman–Crippen LogP) is 4.37. The zero-order valence-electron chi connectivity index (χ0n) is 16.2. The number of benzene rings is 2. The van der Waals surface area contributed by atoms with E-state index in [1.165, 1.54) is 17.8 Å². The van der Waals surface area contributed by atoms with Crippen LogP contribution in [0.3, 0.4) is 0 Å². The van der Waals surface area contributed by atoms with Gasteiger partial charge in [-0.05, 0) is 36.8 Å². The van der Waals surface area contributed by atoms with Gasteiger partial charge < -0.3 is 9.47 Å². The fourth-order valence-electron chi connectivity index (χ4n) is 2.79. The van der Waals surface area contributed by atoms with Gasteiger partial charge in [0, 0.05) is 12.9 Å². The van der Waals surface area contributed by atoms with Gasteiger partial charge in [0.1, 0.15) is 6.61 Å². The highest BCUT2D eigenvalue weighted by Crippen LogP contribution is 2.26. The molecule has 0 radical (unpaired) electrons. The third kappa shape index (κ3) is 5.34. The Morgan fingerprint density at radius 3 is 2.62 bits per heavy atom. The van der Waals surface area contributed by atoms with Crippen molar-refractivity contribution in [2.75, 3.05) is 13.7 Å². The van der Waals surface area contributed by atoms with E-state index in [-0.39, 0.29) is 18.4 Å². The molecule has 0 N–H and O–H groups in total. The number of ether oxygens (including phenoxy) is 2. The molecule has 1 heterocycles. The summed E-state index contributed by atoms with van der Waals surface area (Å²) in [5, 5.41) is 18.2. The van der Waals surface area contributed by atoms with E-state index >= 15 is 0 Å². The number of rotatable bonds is 9. The SMILES string of the molecule is COC[C@@H](C)n1c(COc2ccccc2F)nnc1SCc1ccc(C#N)cc1. The summed E-state index contributed by atoms with van der Waals surface area (Å²) in [4.78, 5) is 0. The Hall–Kier alpha value is -2.89. The second-order valence-electron chi connectivity index (χ2n) is 6.39. The Morgan fingerprint density at radius 1 is 1.17 bits per heavy atom. The molecule has 0 aliphatic carbocycles. The molecule has 0 saturated heterocycles. The smallest absolute Gasteiger partial charge is 0.191 e. The van der Waals surface area contributed by atoms with Crippen molar-refractivity contribution < 1.29 is 13.9 Å². The first kappa shape index (κ1) is 20.8. The minimum absolute atomic E-state index is 0.0160. The molecule has 3 aromatic rings. The second kappa shape index (κ2) is 10.0. The van der Waals surface area contributed by atoms with Crippen molar-refractivity contribution in [3.63, 3.8) is 0 Å². The molecule has 0 saturated carbocycles. The highest BCUT2D eigenvalue weighted by molar-refractivity contribution is 7.98. The lowest BCUT2D eigenvalue weighted by molar-refractivity contribution is 0.154. The van der Waals surface area contributed by atoms with Crippen LogP contribution in [-0.2, 0) is 17.1 Å². The van der Waals surface area contributed by atoms with Gasteiger partial charge in [0.15, 0.2) is 22.5 Å². The molecular weight excluding hydrogens is 391 g/mol. The van der Waals surface area contributed by atoms with Gasteiger partial charge >= 0.3 is 0 Å². The highest BCUT2D eigenvalue weighted by Gasteiger charge is 2.19. The molecule has 0 bridgehead atoms. The van der Waals surface area contributed by atoms with Gasteiger partial charge in [-0.2, -0.15) is 5.26 Å². The first-order valence-corrected chi connectivity index (χ1v) is 10.0. The molecule has 3 rings (SSSR count). The molecule has 29 heavy (non-hydrogen) atoms. The van der Waals surface area contributed by atoms with Crippen LogP contribution in [0.15, 0.2) is 53.7 Å². The first-order valence-electron chi connectivity index (χ1n) is 9.04. The first-order chi connectivity index (χ1) is 14.1. The van der Waals surface area contributed by atoms with Crippen LogP contribution < -0.4 is 4.74 Å². The van der Waals surface area contributed by atoms with E-state index in [0.717, 1.165) is 10.7 Å². The van der Waals surface area contributed by atoms with Gasteiger partial charge in [0.2, 0.25) is 0 Å². The quantitative estimate of drug-likeness (QED) is 0.486. The number of hydrogen-bond acceptors (Lipinski definition) is 6. The summed E-state index contributed by atoms with van der Waals surface area (Å²) in [7, 11) is 1.64. The van der Waals surface area contributed by atoms with Crippen molar-refractivity contribution in [3.05, 3.63) is 71.3 Å². The fraction of sp³-hybridized carbons (Fsp3) is 0.286. The van der Waals surface area contributed by atoms with Crippen LogP contribution in [0.4, 0.5) is 4.39 Å². The molecule has 6 nitrogen and oxygen atoms in total. The Labute approximate surface area is 173 Å². The molecular formula is C21H21FN4O2S. The molecule has 0 aliphatic rings. The second-order valence-corrected chi connectivity index (χ2v) is 7.33. The molecule has 0 amide bonds. The van der Waals surface area contributed by atoms with E-state index in [2.05, 4.69) is 16.3 Å². The normalized spacial score (nSPS) is 11.8. The van der Waals surface area contributed by atoms with Crippen molar-refractivity contribution in [1.82, 2.24) is 14.8 Å². The Balaban J connectivity index is 1.75. The summed E-state index contributed by atoms with van der Waals surface area (Å²) in [5.41, 5.74) is 1.70. The molecule has 2 aromatic carbocycles. The van der Waals surface area contributed by atoms with Crippen molar-refractivity contribution >= 4 is 11.8 Å². The number of methoxy groups -OCH3 is 1. The molecule has 0 fully saturated rings. The molecule has 0 spiro atoms. The minimum Gasteiger partial charge on any atom is -0.483 e. The van der Waals surface area contributed by atoms with Crippen LogP contribution in [0.5, 0.6) is 5.75 Å². The molecule has 150 valence electrons. The summed E-state index contributed by atoms with van der Waals surface area (Å²) in [6.45, 7) is 2.58. The monoisotopic (exact) mass is 412 g/mol. The zero-order chi connectivity index (χ0) is 20.6. The van der Waals surface area contributed by atoms with Gasteiger partial charge in [0.25, 0.3) is 0 Å². The number of para-hydroxylation sites is 1. The van der Waals surface area contributed by atoms with E-state index in [9.17, 15) is 4.39 Å². The van der Waals surface area contributed by atoms with Crippen LogP contribution in [0.25, 0.3) is 0 Å². The lowest BCUT2D eigenvalue weighted by Gasteiger charge is -2.17. The largest absolute Gasteiger partial charge is 0.483 e. The maximum absolute atomic E-state index is 13.8. The summed E-state index contributed by atoms with van der Waals surface area (Å²) in [6.07, 6.45) is 0. The molecule has 0 aliphatic heterocycles. The van der Waals surface area contributed by atoms with E-state index in [1.54, 1.807) is 37.4 Å². The Bertz CT molecular complexity index is 985. The van der Waals surface area contributed by atoms with Crippen molar-refractivity contribution in [2.45, 2.75) is 30.5 Å². The average molecular weight is 412 g/mol. The van der Waals surface area contributed by atoms with Crippen LogP contribution >= 0.6 is 11.8 Å². The molecule has 0 unspecified atom stereocenters. The third-order valence-electron chi connectivity index (χ3n) is 4.23. The molecule has 8 heteroatoms. The summed E-state index contributed by atoms with van der Waals surface area (Å²) in [6, 6.07) is 15.8. The summed E-state index contributed by atoms with van der Waals surface area (Å²) in [5.74, 6) is 1.03. The van der Waals surface area contributed by atoms with Crippen LogP contribution in [0.1, 0.15) is 29.9 Å². The summed E-state index contributed by atoms with van der Waals surface area (Å²) < 4.78 is 26.7.